The lowest BCUT2D eigenvalue weighted by Crippen LogP contribution is -2.45. The summed E-state index contributed by atoms with van der Waals surface area (Å²) in [4.78, 5) is 24.5. The molecule has 0 bridgehead atoms. The number of aliphatic hydroxyl groups is 2. The summed E-state index contributed by atoms with van der Waals surface area (Å²) in [7, 11) is 0. The van der Waals surface area contributed by atoms with E-state index < -0.39 is 12.1 Å². The molecule has 0 radical (unpaired) electrons. The second-order valence-corrected chi connectivity index (χ2v) is 24.9. The molecular weight excluding hydrogens is 971 g/mol. The van der Waals surface area contributed by atoms with E-state index in [0.29, 0.717) is 19.4 Å². The number of esters is 1. The lowest BCUT2D eigenvalue weighted by Gasteiger charge is -2.20. The van der Waals surface area contributed by atoms with Gasteiger partial charge in [0.15, 0.2) is 0 Å². The number of rotatable bonds is 68. The van der Waals surface area contributed by atoms with Gasteiger partial charge in [-0.25, -0.2) is 0 Å². The van der Waals surface area contributed by atoms with Crippen molar-refractivity contribution in [3.05, 3.63) is 24.3 Å². The first kappa shape index (κ1) is 77.3. The van der Waals surface area contributed by atoms with Gasteiger partial charge in [-0.2, -0.15) is 0 Å². The summed E-state index contributed by atoms with van der Waals surface area (Å²) in [5.74, 6) is -0.0418. The van der Waals surface area contributed by atoms with E-state index in [0.717, 1.165) is 38.5 Å². The quantitative estimate of drug-likeness (QED) is 0.0320. The van der Waals surface area contributed by atoms with E-state index >= 15 is 0 Å². The molecule has 1 amide bonds. The predicted molar refractivity (Wildman–Crippen MR) is 347 cm³/mol. The average Bonchev–Trinajstić information content (AvgIpc) is 3.45. The Labute approximate surface area is 494 Å². The van der Waals surface area contributed by atoms with E-state index in [1.165, 1.54) is 340 Å². The molecule has 0 heterocycles. The molecule has 0 aliphatic carbocycles. The van der Waals surface area contributed by atoms with Crippen LogP contribution in [0.5, 0.6) is 0 Å². The van der Waals surface area contributed by atoms with Crippen molar-refractivity contribution in [2.24, 2.45) is 0 Å². The largest absolute Gasteiger partial charge is 0.466 e. The van der Waals surface area contributed by atoms with Crippen LogP contribution in [-0.2, 0) is 14.3 Å². The number of carbonyl (C=O) groups excluding carboxylic acids is 2. The van der Waals surface area contributed by atoms with Crippen molar-refractivity contribution in [1.29, 1.82) is 0 Å². The van der Waals surface area contributed by atoms with Gasteiger partial charge in [-0.3, -0.25) is 9.59 Å². The predicted octanol–water partition coefficient (Wildman–Crippen LogP) is 23.3. The van der Waals surface area contributed by atoms with Gasteiger partial charge in [0.1, 0.15) is 0 Å². The van der Waals surface area contributed by atoms with Crippen LogP contribution in [0.25, 0.3) is 0 Å². The van der Waals surface area contributed by atoms with Crippen LogP contribution in [0.15, 0.2) is 24.3 Å². The van der Waals surface area contributed by atoms with Gasteiger partial charge in [0.05, 0.1) is 25.4 Å². The molecule has 2 unspecified atom stereocenters. The zero-order chi connectivity index (χ0) is 57.1. The van der Waals surface area contributed by atoms with Gasteiger partial charge in [-0.15, -0.1) is 0 Å². The standard InChI is InChI=1S/C73H141NO5/c1-3-5-7-9-11-13-15-17-18-36-39-42-45-49-53-57-61-65-71(76)70(69-75)74-72(77)66-62-58-54-50-46-43-40-37-34-32-30-28-26-24-22-20-19-21-23-25-27-29-31-33-35-38-41-44-48-52-56-60-64-68-79-73(78)67-63-59-55-51-47-16-14-12-10-8-6-4-2/h23,25,61,65,70-71,75-76H,3-22,24,26-60,62-64,66-69H2,1-2H3,(H,74,77)/b25-23-,65-61+. The van der Waals surface area contributed by atoms with Crippen molar-refractivity contribution in [1.82, 2.24) is 5.32 Å². The Morgan fingerprint density at radius 2 is 0.595 bits per heavy atom. The summed E-state index contributed by atoms with van der Waals surface area (Å²) in [5.41, 5.74) is 0. The second-order valence-electron chi connectivity index (χ2n) is 24.9. The maximum absolute atomic E-state index is 12.5. The Morgan fingerprint density at radius 1 is 0.342 bits per heavy atom. The van der Waals surface area contributed by atoms with Crippen LogP contribution in [0.4, 0.5) is 0 Å². The minimum absolute atomic E-state index is 0.0197. The number of hydrogen-bond acceptors (Lipinski definition) is 5. The molecule has 6 heteroatoms. The highest BCUT2D eigenvalue weighted by Crippen LogP contribution is 2.19. The fraction of sp³-hybridized carbons (Fsp3) is 0.918. The molecule has 0 fully saturated rings. The second kappa shape index (κ2) is 68.8. The number of amides is 1. The third-order valence-corrected chi connectivity index (χ3v) is 17.0. The number of nitrogens with one attached hydrogen (secondary N) is 1. The highest BCUT2D eigenvalue weighted by atomic mass is 16.5. The van der Waals surface area contributed by atoms with Crippen molar-refractivity contribution in [2.75, 3.05) is 13.2 Å². The van der Waals surface area contributed by atoms with Crippen LogP contribution >= 0.6 is 0 Å². The summed E-state index contributed by atoms with van der Waals surface area (Å²) < 4.78 is 5.48. The first-order valence-electron chi connectivity index (χ1n) is 36.1. The third kappa shape index (κ3) is 65.4. The average molecular weight is 1110 g/mol. The SMILES string of the molecule is CCCCCCCCCCCCCCCCC/C=C/C(O)C(CO)NC(=O)CCCCCCCCCCCCCCCCCCC/C=C\CCCCCCCCCCCCCCOC(=O)CCCCCCCCCCCCCC. The first-order chi connectivity index (χ1) is 39.0. The molecule has 0 aliphatic rings. The molecule has 0 aromatic rings. The fourth-order valence-corrected chi connectivity index (χ4v) is 11.5. The molecule has 0 spiro atoms. The summed E-state index contributed by atoms with van der Waals surface area (Å²) >= 11 is 0. The lowest BCUT2D eigenvalue weighted by atomic mass is 10.0. The minimum Gasteiger partial charge on any atom is -0.466 e. The normalized spacial score (nSPS) is 12.6. The van der Waals surface area contributed by atoms with Gasteiger partial charge in [0.25, 0.3) is 0 Å². The van der Waals surface area contributed by atoms with Crippen molar-refractivity contribution in [3.8, 4) is 0 Å². The third-order valence-electron chi connectivity index (χ3n) is 17.0. The van der Waals surface area contributed by atoms with Gasteiger partial charge in [-0.05, 0) is 57.8 Å². The smallest absolute Gasteiger partial charge is 0.305 e. The Hall–Kier alpha value is -1.66. The first-order valence-corrected chi connectivity index (χ1v) is 36.1. The molecule has 6 nitrogen and oxygen atoms in total. The summed E-state index contributed by atoms with van der Waals surface area (Å²) in [6.45, 7) is 4.94. The van der Waals surface area contributed by atoms with Crippen LogP contribution in [0, 0.1) is 0 Å². The Morgan fingerprint density at radius 3 is 0.899 bits per heavy atom. The van der Waals surface area contributed by atoms with E-state index in [2.05, 4.69) is 31.3 Å². The zero-order valence-electron chi connectivity index (χ0n) is 53.6. The number of hydrogen-bond donors (Lipinski definition) is 3. The lowest BCUT2D eigenvalue weighted by molar-refractivity contribution is -0.143. The molecule has 79 heavy (non-hydrogen) atoms. The van der Waals surface area contributed by atoms with Gasteiger partial charge in [-0.1, -0.05) is 359 Å². The fourth-order valence-electron chi connectivity index (χ4n) is 11.5. The van der Waals surface area contributed by atoms with Crippen molar-refractivity contribution in [2.45, 2.75) is 418 Å². The van der Waals surface area contributed by atoms with Gasteiger partial charge in [0, 0.05) is 12.8 Å². The van der Waals surface area contributed by atoms with Crippen molar-refractivity contribution in [3.63, 3.8) is 0 Å². The van der Waals surface area contributed by atoms with Crippen LogP contribution < -0.4 is 5.32 Å². The number of allylic oxidation sites excluding steroid dienone is 3. The van der Waals surface area contributed by atoms with Gasteiger partial charge >= 0.3 is 5.97 Å². The molecule has 0 rings (SSSR count). The monoisotopic (exact) mass is 1110 g/mol. The maximum Gasteiger partial charge on any atom is 0.305 e. The Bertz CT molecular complexity index is 1230. The number of aliphatic hydroxyl groups excluding tert-OH is 2. The highest BCUT2D eigenvalue weighted by Gasteiger charge is 2.18. The van der Waals surface area contributed by atoms with E-state index in [1.54, 1.807) is 6.08 Å². The van der Waals surface area contributed by atoms with Crippen LogP contribution in [-0.4, -0.2) is 47.4 Å². The number of unbranched alkanes of at least 4 members (excludes halogenated alkanes) is 55. The summed E-state index contributed by atoms with van der Waals surface area (Å²) in [6, 6.07) is -0.625. The zero-order valence-corrected chi connectivity index (χ0v) is 53.6. The van der Waals surface area contributed by atoms with E-state index in [9.17, 15) is 19.8 Å². The number of carbonyl (C=O) groups is 2. The molecule has 0 aromatic heterocycles. The minimum atomic E-state index is -0.842. The van der Waals surface area contributed by atoms with E-state index in [1.807, 2.05) is 6.08 Å². The van der Waals surface area contributed by atoms with Gasteiger partial charge < -0.3 is 20.3 Å². The molecule has 3 N–H and O–H groups in total. The van der Waals surface area contributed by atoms with Crippen molar-refractivity contribution < 1.29 is 24.5 Å². The molecule has 0 aromatic carbocycles. The molecular formula is C73H141NO5. The van der Waals surface area contributed by atoms with Crippen molar-refractivity contribution >= 4 is 11.9 Å². The molecule has 0 saturated carbocycles. The highest BCUT2D eigenvalue weighted by molar-refractivity contribution is 5.76. The van der Waals surface area contributed by atoms with Gasteiger partial charge in [0.2, 0.25) is 5.91 Å². The topological polar surface area (TPSA) is 95.9 Å². The Kier molecular flexibility index (Phi) is 67.4. The van der Waals surface area contributed by atoms with Crippen LogP contribution in [0.3, 0.4) is 0 Å². The molecule has 2 atom stereocenters. The molecule has 468 valence electrons. The van der Waals surface area contributed by atoms with E-state index in [-0.39, 0.29) is 18.5 Å². The van der Waals surface area contributed by atoms with Crippen LogP contribution in [0.1, 0.15) is 406 Å². The Balaban J connectivity index is 3.36. The molecule has 0 aliphatic heterocycles. The number of ether oxygens (including phenoxy) is 1. The molecule has 0 saturated heterocycles. The maximum atomic E-state index is 12.5. The summed E-state index contributed by atoms with van der Waals surface area (Å²) in [6.07, 6.45) is 87.0. The summed E-state index contributed by atoms with van der Waals surface area (Å²) in [5, 5.41) is 23.2. The van der Waals surface area contributed by atoms with E-state index in [4.69, 9.17) is 4.74 Å². The van der Waals surface area contributed by atoms with Crippen LogP contribution in [0.2, 0.25) is 0 Å².